The van der Waals surface area contributed by atoms with E-state index in [2.05, 4.69) is 5.32 Å². The van der Waals surface area contributed by atoms with Crippen LogP contribution in [0.3, 0.4) is 0 Å². The molecule has 0 bridgehead atoms. The molecule has 0 aromatic heterocycles. The van der Waals surface area contributed by atoms with Crippen LogP contribution in [0.4, 0.5) is 4.39 Å². The molecule has 0 amide bonds. The molecule has 2 nitrogen and oxygen atoms in total. The predicted molar refractivity (Wildman–Crippen MR) is 66.2 cm³/mol. The van der Waals surface area contributed by atoms with Crippen LogP contribution >= 0.6 is 0 Å². The Morgan fingerprint density at radius 3 is 2.71 bits per heavy atom. The third kappa shape index (κ3) is 3.51. The first-order chi connectivity index (χ1) is 8.29. The molecule has 1 fully saturated rings. The van der Waals surface area contributed by atoms with Gasteiger partial charge in [-0.15, -0.1) is 0 Å². The second kappa shape index (κ2) is 6.12. The molecule has 1 unspecified atom stereocenters. The molecule has 1 aliphatic rings. The molecule has 0 heterocycles. The average molecular weight is 237 g/mol. The summed E-state index contributed by atoms with van der Waals surface area (Å²) in [6.45, 7) is 0.0138. The van der Waals surface area contributed by atoms with Gasteiger partial charge in [0.2, 0.25) is 0 Å². The van der Waals surface area contributed by atoms with Gasteiger partial charge in [-0.05, 0) is 30.5 Å². The Kier molecular flexibility index (Phi) is 4.51. The van der Waals surface area contributed by atoms with Crippen molar-refractivity contribution in [2.45, 2.75) is 44.2 Å². The zero-order valence-electron chi connectivity index (χ0n) is 10.0. The Hall–Kier alpha value is -0.930. The van der Waals surface area contributed by atoms with E-state index in [1.54, 1.807) is 6.07 Å². The van der Waals surface area contributed by atoms with Crippen LogP contribution in [-0.4, -0.2) is 17.8 Å². The van der Waals surface area contributed by atoms with Gasteiger partial charge in [-0.25, -0.2) is 4.39 Å². The van der Waals surface area contributed by atoms with Crippen molar-refractivity contribution < 1.29 is 9.50 Å². The second-order valence-corrected chi connectivity index (χ2v) is 4.79. The summed E-state index contributed by atoms with van der Waals surface area (Å²) in [4.78, 5) is 0. The van der Waals surface area contributed by atoms with E-state index in [1.807, 2.05) is 6.07 Å². The Morgan fingerprint density at radius 1 is 1.29 bits per heavy atom. The number of hydrogen-bond donors (Lipinski definition) is 2. The Balaban J connectivity index is 2.00. The highest BCUT2D eigenvalue weighted by molar-refractivity contribution is 5.20. The first kappa shape index (κ1) is 12.5. The lowest BCUT2D eigenvalue weighted by Gasteiger charge is -2.27. The molecular weight excluding hydrogens is 217 g/mol. The SMILES string of the molecule is OCC(NC1CCCCC1)c1cccc(F)c1. The fourth-order valence-electron chi connectivity index (χ4n) is 2.53. The number of rotatable bonds is 4. The zero-order chi connectivity index (χ0) is 12.1. The van der Waals surface area contributed by atoms with Crippen molar-refractivity contribution in [3.8, 4) is 0 Å². The van der Waals surface area contributed by atoms with E-state index in [4.69, 9.17) is 0 Å². The summed E-state index contributed by atoms with van der Waals surface area (Å²) in [7, 11) is 0. The normalized spacial score (nSPS) is 19.2. The van der Waals surface area contributed by atoms with Crippen molar-refractivity contribution in [2.24, 2.45) is 0 Å². The largest absolute Gasteiger partial charge is 0.394 e. The molecule has 0 aliphatic heterocycles. The van der Waals surface area contributed by atoms with Crippen molar-refractivity contribution in [3.05, 3.63) is 35.6 Å². The van der Waals surface area contributed by atoms with E-state index in [-0.39, 0.29) is 18.5 Å². The molecule has 2 N–H and O–H groups in total. The van der Waals surface area contributed by atoms with E-state index in [0.29, 0.717) is 6.04 Å². The van der Waals surface area contributed by atoms with Gasteiger partial charge in [0, 0.05) is 6.04 Å². The molecule has 2 rings (SSSR count). The van der Waals surface area contributed by atoms with Gasteiger partial charge in [-0.1, -0.05) is 31.4 Å². The van der Waals surface area contributed by atoms with Crippen LogP contribution in [0.1, 0.15) is 43.7 Å². The molecular formula is C14H20FNO. The minimum absolute atomic E-state index is 0.0138. The highest BCUT2D eigenvalue weighted by Crippen LogP contribution is 2.21. The fraction of sp³-hybridized carbons (Fsp3) is 0.571. The number of hydrogen-bond acceptors (Lipinski definition) is 2. The molecule has 3 heteroatoms. The van der Waals surface area contributed by atoms with Gasteiger partial charge < -0.3 is 10.4 Å². The Morgan fingerprint density at radius 2 is 2.06 bits per heavy atom. The van der Waals surface area contributed by atoms with Crippen LogP contribution in [-0.2, 0) is 0 Å². The maximum atomic E-state index is 13.1. The summed E-state index contributed by atoms with van der Waals surface area (Å²) in [6.07, 6.45) is 6.12. The van der Waals surface area contributed by atoms with E-state index in [9.17, 15) is 9.50 Å². The lowest BCUT2D eigenvalue weighted by atomic mass is 9.94. The number of benzene rings is 1. The molecule has 0 spiro atoms. The number of nitrogens with one attached hydrogen (secondary N) is 1. The van der Waals surface area contributed by atoms with E-state index >= 15 is 0 Å². The summed E-state index contributed by atoms with van der Waals surface area (Å²) in [5.74, 6) is -0.244. The number of aliphatic hydroxyl groups excluding tert-OH is 1. The van der Waals surface area contributed by atoms with Crippen LogP contribution in [0.25, 0.3) is 0 Å². The van der Waals surface area contributed by atoms with Gasteiger partial charge in [-0.3, -0.25) is 0 Å². The zero-order valence-corrected chi connectivity index (χ0v) is 10.0. The quantitative estimate of drug-likeness (QED) is 0.844. The summed E-state index contributed by atoms with van der Waals surface area (Å²) in [5.41, 5.74) is 0.832. The molecule has 0 radical (unpaired) electrons. The Labute approximate surface area is 102 Å². The summed E-state index contributed by atoms with van der Waals surface area (Å²) >= 11 is 0. The van der Waals surface area contributed by atoms with E-state index < -0.39 is 0 Å². The number of aliphatic hydroxyl groups is 1. The summed E-state index contributed by atoms with van der Waals surface area (Å²) in [6, 6.07) is 6.79. The Bertz CT molecular complexity index is 350. The van der Waals surface area contributed by atoms with Gasteiger partial charge in [0.25, 0.3) is 0 Å². The van der Waals surface area contributed by atoms with Crippen LogP contribution in [0, 0.1) is 5.82 Å². The molecule has 94 valence electrons. The van der Waals surface area contributed by atoms with Gasteiger partial charge in [0.15, 0.2) is 0 Å². The molecule has 1 aromatic rings. The van der Waals surface area contributed by atoms with Crippen LogP contribution in [0.15, 0.2) is 24.3 Å². The van der Waals surface area contributed by atoms with Crippen molar-refractivity contribution in [3.63, 3.8) is 0 Å². The molecule has 1 aliphatic carbocycles. The third-order valence-electron chi connectivity index (χ3n) is 3.48. The first-order valence-electron chi connectivity index (χ1n) is 6.42. The van der Waals surface area contributed by atoms with Crippen LogP contribution in [0.5, 0.6) is 0 Å². The maximum absolute atomic E-state index is 13.1. The highest BCUT2D eigenvalue weighted by Gasteiger charge is 2.18. The maximum Gasteiger partial charge on any atom is 0.123 e. The molecule has 1 atom stereocenters. The molecule has 1 saturated carbocycles. The van der Waals surface area contributed by atoms with Crippen molar-refractivity contribution in [2.75, 3.05) is 6.61 Å². The fourth-order valence-corrected chi connectivity index (χ4v) is 2.53. The van der Waals surface area contributed by atoms with Gasteiger partial charge in [-0.2, -0.15) is 0 Å². The molecule has 0 saturated heterocycles. The summed E-state index contributed by atoms with van der Waals surface area (Å²) < 4.78 is 13.1. The standard InChI is InChI=1S/C14H20FNO/c15-12-6-4-5-11(9-12)14(10-17)16-13-7-2-1-3-8-13/h4-6,9,13-14,16-17H,1-3,7-8,10H2. The average Bonchev–Trinajstić information content (AvgIpc) is 2.37. The van der Waals surface area contributed by atoms with E-state index in [1.165, 1.54) is 31.4 Å². The number of halogens is 1. The van der Waals surface area contributed by atoms with E-state index in [0.717, 1.165) is 18.4 Å². The molecule has 1 aromatic carbocycles. The lowest BCUT2D eigenvalue weighted by Crippen LogP contribution is -2.36. The minimum Gasteiger partial charge on any atom is -0.394 e. The lowest BCUT2D eigenvalue weighted by molar-refractivity contribution is 0.220. The van der Waals surface area contributed by atoms with Crippen LogP contribution < -0.4 is 5.32 Å². The minimum atomic E-state index is -0.244. The van der Waals surface area contributed by atoms with Crippen molar-refractivity contribution in [1.82, 2.24) is 5.32 Å². The highest BCUT2D eigenvalue weighted by atomic mass is 19.1. The van der Waals surface area contributed by atoms with Gasteiger partial charge in [0.05, 0.1) is 12.6 Å². The second-order valence-electron chi connectivity index (χ2n) is 4.79. The van der Waals surface area contributed by atoms with Crippen molar-refractivity contribution in [1.29, 1.82) is 0 Å². The molecule has 17 heavy (non-hydrogen) atoms. The smallest absolute Gasteiger partial charge is 0.123 e. The monoisotopic (exact) mass is 237 g/mol. The van der Waals surface area contributed by atoms with Gasteiger partial charge in [0.1, 0.15) is 5.82 Å². The predicted octanol–water partition coefficient (Wildman–Crippen LogP) is 2.78. The third-order valence-corrected chi connectivity index (χ3v) is 3.48. The van der Waals surface area contributed by atoms with Crippen molar-refractivity contribution >= 4 is 0 Å². The van der Waals surface area contributed by atoms with Gasteiger partial charge >= 0.3 is 0 Å². The summed E-state index contributed by atoms with van der Waals surface area (Å²) in [5, 5.41) is 12.8. The topological polar surface area (TPSA) is 32.3 Å². The first-order valence-corrected chi connectivity index (χ1v) is 6.42. The van der Waals surface area contributed by atoms with Crippen LogP contribution in [0.2, 0.25) is 0 Å².